The number of rotatable bonds is 1. The van der Waals surface area contributed by atoms with E-state index in [2.05, 4.69) is 0 Å². The van der Waals surface area contributed by atoms with Gasteiger partial charge in [0, 0.05) is 0 Å². The van der Waals surface area contributed by atoms with Crippen molar-refractivity contribution in [2.45, 2.75) is 0 Å². The van der Waals surface area contributed by atoms with Gasteiger partial charge in [-0.05, 0) is 4.57 Å². The molecule has 1 atom stereocenters. The maximum atomic E-state index is 9.15. The van der Waals surface area contributed by atoms with E-state index in [0.29, 0.717) is 0 Å². The van der Waals surface area contributed by atoms with Crippen LogP contribution < -0.4 is 0 Å². The lowest BCUT2D eigenvalue weighted by atomic mass is 10.8. The van der Waals surface area contributed by atoms with E-state index in [9.17, 15) is 0 Å². The largest absolute Gasteiger partial charge is 0.502 e. The molecule has 0 aliphatic heterocycles. The number of hydrogen-bond acceptors (Lipinski definition) is 3. The molecule has 0 spiro atoms. The third-order valence-electron chi connectivity index (χ3n) is 0.1000. The lowest BCUT2D eigenvalue weighted by Gasteiger charge is -1.70. The first-order valence-electron chi connectivity index (χ1n) is 1.96. The summed E-state index contributed by atoms with van der Waals surface area (Å²) in [6.07, 6.45) is 0. The van der Waals surface area contributed by atoms with Crippen molar-refractivity contribution in [3.05, 3.63) is 0 Å². The van der Waals surface area contributed by atoms with E-state index in [1.807, 2.05) is 0 Å². The molecule has 0 amide bonds. The monoisotopic (exact) mass is 141 g/mol. The summed E-state index contributed by atoms with van der Waals surface area (Å²) in [5, 5.41) is 15.2. The number of aliphatic hydroxyl groups excluding tert-OH is 2. The highest BCUT2D eigenvalue weighted by molar-refractivity contribution is 7.36. The Balaban J connectivity index is 0. The zero-order valence-electron chi connectivity index (χ0n) is 4.61. The molecule has 1 unspecified atom stereocenters. The summed E-state index contributed by atoms with van der Waals surface area (Å²) < 4.78 is 9.15. The van der Waals surface area contributed by atoms with E-state index >= 15 is 0 Å². The van der Waals surface area contributed by atoms with Gasteiger partial charge in [-0.25, -0.2) is 0 Å². The average molecular weight is 141 g/mol. The summed E-state index contributed by atoms with van der Waals surface area (Å²) in [5.74, 6) is 0. The Morgan fingerprint density at radius 2 is 1.50 bits per heavy atom. The summed E-state index contributed by atoms with van der Waals surface area (Å²) >= 11 is 0. The predicted molar refractivity (Wildman–Crippen MR) is 29.9 cm³/mol. The Morgan fingerprint density at radius 1 is 1.38 bits per heavy atom. The Bertz CT molecular complexity index is 49.2. The van der Waals surface area contributed by atoms with Gasteiger partial charge in [-0.1, -0.05) is 0 Å². The molecule has 0 fully saturated rings. The van der Waals surface area contributed by atoms with E-state index in [1.165, 1.54) is 6.66 Å². The summed E-state index contributed by atoms with van der Waals surface area (Å²) in [7, 11) is -1.87. The molecule has 0 saturated heterocycles. The zero-order valence-corrected chi connectivity index (χ0v) is 5.51. The highest BCUT2D eigenvalue weighted by Gasteiger charge is 1.86. The third kappa shape index (κ3) is 154. The van der Waals surface area contributed by atoms with Crippen molar-refractivity contribution in [1.29, 1.82) is 0 Å². The molecule has 0 radical (unpaired) electrons. The van der Waals surface area contributed by atoms with E-state index in [-0.39, 0.29) is 13.2 Å². The second-order valence-corrected chi connectivity index (χ2v) is 1.84. The van der Waals surface area contributed by atoms with Gasteiger partial charge in [0.05, 0.1) is 13.2 Å². The molecule has 50 valence electrons. The van der Waals surface area contributed by atoms with E-state index < -0.39 is 8.03 Å². The van der Waals surface area contributed by atoms with Crippen molar-refractivity contribution < 1.29 is 19.7 Å². The van der Waals surface area contributed by atoms with Gasteiger partial charge in [0.15, 0.2) is 6.66 Å². The molecule has 0 aromatic carbocycles. The van der Waals surface area contributed by atoms with Crippen LogP contribution in [0.4, 0.5) is 0 Å². The first-order valence-corrected chi connectivity index (χ1v) is 3.62. The van der Waals surface area contributed by atoms with E-state index in [4.69, 9.17) is 19.7 Å². The molecular formula is C3H10O4P+. The summed E-state index contributed by atoms with van der Waals surface area (Å²) in [5.41, 5.74) is 0. The fourth-order valence-electron chi connectivity index (χ4n) is 0. The van der Waals surface area contributed by atoms with Crippen LogP contribution in [0.3, 0.4) is 0 Å². The molecule has 0 bridgehead atoms. The topological polar surface area (TPSA) is 77.8 Å². The minimum atomic E-state index is -1.87. The average Bonchev–Trinajstić information content (AvgIpc) is 1.65. The molecule has 0 saturated carbocycles. The minimum absolute atomic E-state index is 0.125. The van der Waals surface area contributed by atoms with Crippen LogP contribution in [0.1, 0.15) is 0 Å². The van der Waals surface area contributed by atoms with Gasteiger partial charge >= 0.3 is 8.03 Å². The molecule has 0 aromatic rings. The maximum absolute atomic E-state index is 9.15. The maximum Gasteiger partial charge on any atom is 0.502 e. The number of aliphatic hydroxyl groups is 2. The lowest BCUT2D eigenvalue weighted by molar-refractivity contribution is 0.186. The first kappa shape index (κ1) is 10.9. The van der Waals surface area contributed by atoms with Crippen LogP contribution in [0.5, 0.6) is 0 Å². The van der Waals surface area contributed by atoms with Gasteiger partial charge in [-0.3, -0.25) is 0 Å². The summed E-state index contributed by atoms with van der Waals surface area (Å²) in [6, 6.07) is 0. The van der Waals surface area contributed by atoms with Crippen molar-refractivity contribution >= 4 is 8.03 Å². The Hall–Kier alpha value is -0.0200. The molecule has 3 N–H and O–H groups in total. The fourth-order valence-corrected chi connectivity index (χ4v) is 0. The minimum Gasteiger partial charge on any atom is -0.394 e. The first-order chi connectivity index (χ1) is 3.65. The Labute approximate surface area is 48.6 Å². The molecule has 8 heavy (non-hydrogen) atoms. The van der Waals surface area contributed by atoms with Crippen LogP contribution >= 0.6 is 8.03 Å². The van der Waals surface area contributed by atoms with Crippen LogP contribution in [0.2, 0.25) is 0 Å². The molecule has 0 heterocycles. The van der Waals surface area contributed by atoms with Gasteiger partial charge < -0.3 is 10.2 Å². The molecule has 4 nitrogen and oxygen atoms in total. The highest BCUT2D eigenvalue weighted by atomic mass is 31.1. The lowest BCUT2D eigenvalue weighted by Crippen LogP contribution is -1.85. The third-order valence-corrected chi connectivity index (χ3v) is 0.1000. The van der Waals surface area contributed by atoms with Crippen LogP contribution in [-0.2, 0) is 4.57 Å². The number of hydrogen-bond donors (Lipinski definition) is 3. The molecule has 5 heteroatoms. The normalized spacial score (nSPS) is 9.25. The quantitative estimate of drug-likeness (QED) is 0.423. The Morgan fingerprint density at radius 3 is 1.50 bits per heavy atom. The SMILES string of the molecule is C[P+](=O)O.OCCO. The van der Waals surface area contributed by atoms with Crippen LogP contribution in [0, 0.1) is 0 Å². The second kappa shape index (κ2) is 10.1. The summed E-state index contributed by atoms with van der Waals surface area (Å²) in [6.45, 7) is 0.981. The molecular weight excluding hydrogens is 131 g/mol. The molecule has 0 aliphatic rings. The molecule has 0 aromatic heterocycles. The van der Waals surface area contributed by atoms with Crippen molar-refractivity contribution in [1.82, 2.24) is 0 Å². The van der Waals surface area contributed by atoms with Gasteiger partial charge in [-0.15, -0.1) is 0 Å². The van der Waals surface area contributed by atoms with Crippen LogP contribution in [-0.4, -0.2) is 35.0 Å². The van der Waals surface area contributed by atoms with Crippen molar-refractivity contribution in [3.8, 4) is 0 Å². The van der Waals surface area contributed by atoms with E-state index in [1.54, 1.807) is 0 Å². The Kier molecular flexibility index (Phi) is 13.7. The highest BCUT2D eigenvalue weighted by Crippen LogP contribution is 1.99. The standard InChI is InChI=1S/C2H6O2.CH3O2P/c3-1-2-4;1-4(2)3/h3-4H,1-2H2;1H3/p+1. The second-order valence-electron chi connectivity index (χ2n) is 0.911. The zero-order chi connectivity index (χ0) is 6.99. The molecule has 0 rings (SSSR count). The van der Waals surface area contributed by atoms with Crippen LogP contribution in [0.15, 0.2) is 0 Å². The van der Waals surface area contributed by atoms with Gasteiger partial charge in [-0.2, -0.15) is 4.89 Å². The fraction of sp³-hybridized carbons (Fsp3) is 1.00. The van der Waals surface area contributed by atoms with Crippen LogP contribution in [0.25, 0.3) is 0 Å². The van der Waals surface area contributed by atoms with E-state index in [0.717, 1.165) is 0 Å². The van der Waals surface area contributed by atoms with Crippen molar-refractivity contribution in [3.63, 3.8) is 0 Å². The summed E-state index contributed by atoms with van der Waals surface area (Å²) in [4.78, 5) is 7.56. The van der Waals surface area contributed by atoms with Gasteiger partial charge in [0.1, 0.15) is 0 Å². The van der Waals surface area contributed by atoms with Gasteiger partial charge in [0.25, 0.3) is 0 Å². The predicted octanol–water partition coefficient (Wildman–Crippen LogP) is -0.678. The molecule has 0 aliphatic carbocycles. The van der Waals surface area contributed by atoms with Crippen molar-refractivity contribution in [2.24, 2.45) is 0 Å². The smallest absolute Gasteiger partial charge is 0.394 e. The van der Waals surface area contributed by atoms with Gasteiger partial charge in [0.2, 0.25) is 0 Å². The van der Waals surface area contributed by atoms with Crippen molar-refractivity contribution in [2.75, 3.05) is 19.9 Å².